The van der Waals surface area contributed by atoms with Gasteiger partial charge >= 0.3 is 6.18 Å². The molecule has 0 amide bonds. The fourth-order valence-electron chi connectivity index (χ4n) is 1.83. The Morgan fingerprint density at radius 3 is 2.47 bits per heavy atom. The number of rotatable bonds is 1. The van der Waals surface area contributed by atoms with Crippen molar-refractivity contribution < 1.29 is 13.2 Å². The Hall–Kier alpha value is -1.22. The van der Waals surface area contributed by atoms with Crippen LogP contribution in [0.15, 0.2) is 42.0 Å². The molecule has 1 aromatic carbocycles. The lowest BCUT2D eigenvalue weighted by Gasteiger charge is -2.17. The maximum Gasteiger partial charge on any atom is 0.416 e. The molecule has 4 heteroatoms. The minimum absolute atomic E-state index is 0.395. The van der Waals surface area contributed by atoms with Crippen LogP contribution in [-0.2, 0) is 0 Å². The van der Waals surface area contributed by atoms with Crippen LogP contribution in [0, 0.1) is 0 Å². The van der Waals surface area contributed by atoms with Gasteiger partial charge in [-0.25, -0.2) is 0 Å². The summed E-state index contributed by atoms with van der Waals surface area (Å²) in [4.78, 5) is 0. The van der Waals surface area contributed by atoms with Crippen LogP contribution in [0.4, 0.5) is 13.2 Å². The van der Waals surface area contributed by atoms with Gasteiger partial charge in [-0.1, -0.05) is 35.9 Å². The third-order valence-corrected chi connectivity index (χ3v) is 2.98. The van der Waals surface area contributed by atoms with Gasteiger partial charge in [0.2, 0.25) is 0 Å². The van der Waals surface area contributed by atoms with Crippen molar-refractivity contribution in [3.63, 3.8) is 0 Å². The van der Waals surface area contributed by atoms with E-state index in [1.54, 1.807) is 24.3 Å². The fourth-order valence-corrected chi connectivity index (χ4v) is 2.09. The molecule has 0 bridgehead atoms. The van der Waals surface area contributed by atoms with Gasteiger partial charge < -0.3 is 0 Å². The second-order valence-electron chi connectivity index (χ2n) is 3.85. The Morgan fingerprint density at radius 1 is 1.12 bits per heavy atom. The van der Waals surface area contributed by atoms with E-state index >= 15 is 0 Å². The lowest BCUT2D eigenvalue weighted by Crippen LogP contribution is -2.12. The smallest absolute Gasteiger partial charge is 0.166 e. The molecule has 0 heterocycles. The Bertz CT molecular complexity index is 484. The maximum absolute atomic E-state index is 12.6. The molecule has 1 aliphatic carbocycles. The molecule has 0 spiro atoms. The van der Waals surface area contributed by atoms with Gasteiger partial charge in [-0.3, -0.25) is 0 Å². The van der Waals surface area contributed by atoms with Gasteiger partial charge in [0.1, 0.15) is 0 Å². The minimum atomic E-state index is -4.28. The summed E-state index contributed by atoms with van der Waals surface area (Å²) in [5, 5.41) is 0.488. The van der Waals surface area contributed by atoms with Gasteiger partial charge in [-0.2, -0.15) is 13.2 Å². The van der Waals surface area contributed by atoms with Gasteiger partial charge in [-0.15, -0.1) is 0 Å². The molecule has 0 radical (unpaired) electrons. The molecule has 0 fully saturated rings. The minimum Gasteiger partial charge on any atom is -0.166 e. The summed E-state index contributed by atoms with van der Waals surface area (Å²) in [5.41, 5.74) is 0.744. The maximum atomic E-state index is 12.6. The zero-order chi connectivity index (χ0) is 12.5. The molecule has 0 nitrogen and oxygen atoms in total. The predicted octanol–water partition coefficient (Wildman–Crippen LogP) is 5.01. The summed E-state index contributed by atoms with van der Waals surface area (Å²) in [6, 6.07) is 6.96. The van der Waals surface area contributed by atoms with Crippen LogP contribution in [0.2, 0.25) is 5.02 Å². The van der Waals surface area contributed by atoms with E-state index in [-0.39, 0.29) is 0 Å². The first-order valence-electron chi connectivity index (χ1n) is 5.21. The predicted molar refractivity (Wildman–Crippen MR) is 62.8 cm³/mol. The average Bonchev–Trinajstić information content (AvgIpc) is 2.29. The summed E-state index contributed by atoms with van der Waals surface area (Å²) in [7, 11) is 0. The number of benzene rings is 1. The largest absolute Gasteiger partial charge is 0.416 e. The zero-order valence-corrected chi connectivity index (χ0v) is 9.65. The molecule has 0 saturated carbocycles. The van der Waals surface area contributed by atoms with Gasteiger partial charge in [0.15, 0.2) is 0 Å². The van der Waals surface area contributed by atoms with E-state index in [0.29, 0.717) is 29.0 Å². The quantitative estimate of drug-likeness (QED) is 0.664. The van der Waals surface area contributed by atoms with E-state index in [4.69, 9.17) is 11.6 Å². The number of alkyl halides is 3. The standard InChI is InChI=1S/C13H10ClF3/c14-12-7-2-1-6-11(12)9-4-3-5-10(8-9)13(15,16)17/h1-2,5-8H,3-4H2. The van der Waals surface area contributed by atoms with Crippen LogP contribution in [-0.4, -0.2) is 6.18 Å². The molecule has 1 aliphatic rings. The van der Waals surface area contributed by atoms with E-state index in [1.165, 1.54) is 12.2 Å². The molecule has 0 saturated heterocycles. The molecule has 1 aromatic rings. The molecular weight excluding hydrogens is 249 g/mol. The van der Waals surface area contributed by atoms with Crippen molar-refractivity contribution in [2.75, 3.05) is 0 Å². The van der Waals surface area contributed by atoms with Crippen molar-refractivity contribution in [1.82, 2.24) is 0 Å². The second kappa shape index (κ2) is 4.57. The van der Waals surface area contributed by atoms with E-state index in [1.807, 2.05) is 0 Å². The number of allylic oxidation sites excluding steroid dienone is 4. The average molecular weight is 259 g/mol. The normalized spacial score (nSPS) is 16.5. The zero-order valence-electron chi connectivity index (χ0n) is 8.89. The summed E-state index contributed by atoms with van der Waals surface area (Å²) in [5.74, 6) is 0. The molecule has 0 N–H and O–H groups in total. The van der Waals surface area contributed by atoms with Gasteiger partial charge in [0, 0.05) is 5.02 Å². The van der Waals surface area contributed by atoms with Crippen molar-refractivity contribution in [1.29, 1.82) is 0 Å². The summed E-state index contributed by atoms with van der Waals surface area (Å²) < 4.78 is 37.8. The van der Waals surface area contributed by atoms with Crippen LogP contribution in [0.5, 0.6) is 0 Å². The van der Waals surface area contributed by atoms with Gasteiger partial charge in [-0.05, 0) is 36.1 Å². The number of hydrogen-bond acceptors (Lipinski definition) is 0. The van der Waals surface area contributed by atoms with Crippen LogP contribution >= 0.6 is 11.6 Å². The molecule has 0 unspecified atom stereocenters. The molecular formula is C13H10ClF3. The van der Waals surface area contributed by atoms with E-state index in [0.717, 1.165) is 0 Å². The second-order valence-corrected chi connectivity index (χ2v) is 4.25. The molecule has 2 rings (SSSR count). The highest BCUT2D eigenvalue weighted by molar-refractivity contribution is 6.32. The molecule has 90 valence electrons. The van der Waals surface area contributed by atoms with Crippen molar-refractivity contribution >= 4 is 17.2 Å². The number of halogens is 4. The first-order chi connectivity index (χ1) is 7.98. The van der Waals surface area contributed by atoms with Crippen molar-refractivity contribution in [2.24, 2.45) is 0 Å². The fraction of sp³-hybridized carbons (Fsp3) is 0.231. The van der Waals surface area contributed by atoms with Crippen molar-refractivity contribution in [3.8, 4) is 0 Å². The third kappa shape index (κ3) is 2.72. The first kappa shape index (κ1) is 12.2. The first-order valence-corrected chi connectivity index (χ1v) is 5.59. The summed E-state index contributed by atoms with van der Waals surface area (Å²) >= 11 is 5.98. The van der Waals surface area contributed by atoms with Crippen LogP contribution in [0.3, 0.4) is 0 Å². The van der Waals surface area contributed by atoms with Crippen LogP contribution in [0.25, 0.3) is 5.57 Å². The summed E-state index contributed by atoms with van der Waals surface area (Å²) in [6.07, 6.45) is -0.896. The Balaban J connectivity index is 2.39. The Morgan fingerprint density at radius 2 is 1.82 bits per heavy atom. The van der Waals surface area contributed by atoms with Crippen molar-refractivity contribution in [2.45, 2.75) is 19.0 Å². The number of hydrogen-bond donors (Lipinski definition) is 0. The molecule has 17 heavy (non-hydrogen) atoms. The topological polar surface area (TPSA) is 0 Å². The Kier molecular flexibility index (Phi) is 3.29. The lowest BCUT2D eigenvalue weighted by molar-refractivity contribution is -0.0885. The lowest BCUT2D eigenvalue weighted by atomic mass is 9.93. The highest BCUT2D eigenvalue weighted by atomic mass is 35.5. The summed E-state index contributed by atoms with van der Waals surface area (Å²) in [6.45, 7) is 0. The van der Waals surface area contributed by atoms with E-state index < -0.39 is 11.7 Å². The van der Waals surface area contributed by atoms with Gasteiger partial charge in [0.05, 0.1) is 5.57 Å². The van der Waals surface area contributed by atoms with Crippen LogP contribution < -0.4 is 0 Å². The molecule has 0 aromatic heterocycles. The van der Waals surface area contributed by atoms with E-state index in [2.05, 4.69) is 0 Å². The highest BCUT2D eigenvalue weighted by Crippen LogP contribution is 2.36. The highest BCUT2D eigenvalue weighted by Gasteiger charge is 2.33. The van der Waals surface area contributed by atoms with Gasteiger partial charge in [0.25, 0.3) is 0 Å². The monoisotopic (exact) mass is 258 g/mol. The molecule has 0 aliphatic heterocycles. The third-order valence-electron chi connectivity index (χ3n) is 2.65. The van der Waals surface area contributed by atoms with Crippen LogP contribution in [0.1, 0.15) is 18.4 Å². The van der Waals surface area contributed by atoms with Crippen molar-refractivity contribution in [3.05, 3.63) is 52.6 Å². The van der Waals surface area contributed by atoms with E-state index in [9.17, 15) is 13.2 Å². The SMILES string of the molecule is FC(F)(F)C1=CCCC(c2ccccc2Cl)=C1. The molecule has 0 atom stereocenters. The Labute approximate surface area is 102 Å².